The van der Waals surface area contributed by atoms with Crippen LogP contribution < -0.4 is 15.4 Å². The minimum absolute atomic E-state index is 0. The zero-order valence-electron chi connectivity index (χ0n) is 13.9. The van der Waals surface area contributed by atoms with Crippen LogP contribution in [0.15, 0.2) is 15.6 Å². The van der Waals surface area contributed by atoms with E-state index in [2.05, 4.69) is 25.5 Å². The molecule has 1 aromatic rings. The van der Waals surface area contributed by atoms with Crippen LogP contribution in [0.3, 0.4) is 0 Å². The van der Waals surface area contributed by atoms with Gasteiger partial charge >= 0.3 is 0 Å². The highest BCUT2D eigenvalue weighted by Gasteiger charge is 2.08. The molecular formula is C13H26IN5O3S. The van der Waals surface area contributed by atoms with Gasteiger partial charge in [0.25, 0.3) is 0 Å². The Bertz CT molecular complexity index is 586. The third kappa shape index (κ3) is 8.51. The number of aliphatic imine (C=N–C) groups is 1. The van der Waals surface area contributed by atoms with Gasteiger partial charge in [-0.05, 0) is 12.8 Å². The fraction of sp³-hybridized carbons (Fsp3) is 0.692. The number of sulfonamides is 1. The van der Waals surface area contributed by atoms with Gasteiger partial charge in [0.1, 0.15) is 0 Å². The van der Waals surface area contributed by atoms with Gasteiger partial charge in [-0.3, -0.25) is 4.99 Å². The predicted molar refractivity (Wildman–Crippen MR) is 102 cm³/mol. The van der Waals surface area contributed by atoms with E-state index in [4.69, 9.17) is 4.52 Å². The molecule has 1 heterocycles. The van der Waals surface area contributed by atoms with E-state index in [-0.39, 0.29) is 29.7 Å². The zero-order chi connectivity index (χ0) is 16.6. The SMILES string of the molecule is CCS(=O)(=O)NCCNC(=NC)NCc1cc(C(C)C)no1.I. The van der Waals surface area contributed by atoms with Crippen LogP contribution in [-0.4, -0.2) is 45.4 Å². The fourth-order valence-corrected chi connectivity index (χ4v) is 2.18. The first kappa shape index (κ1) is 22.1. The Morgan fingerprint density at radius 2 is 2.04 bits per heavy atom. The molecule has 1 aromatic heterocycles. The van der Waals surface area contributed by atoms with Crippen molar-refractivity contribution < 1.29 is 12.9 Å². The van der Waals surface area contributed by atoms with E-state index in [1.165, 1.54) is 0 Å². The fourth-order valence-electron chi connectivity index (χ4n) is 1.57. The highest BCUT2D eigenvalue weighted by Crippen LogP contribution is 2.13. The molecule has 134 valence electrons. The molecule has 0 amide bonds. The van der Waals surface area contributed by atoms with E-state index in [1.54, 1.807) is 14.0 Å². The van der Waals surface area contributed by atoms with E-state index in [9.17, 15) is 8.42 Å². The average molecular weight is 459 g/mol. The van der Waals surface area contributed by atoms with Crippen LogP contribution in [0.5, 0.6) is 0 Å². The third-order valence-corrected chi connectivity index (χ3v) is 4.35. The first-order valence-electron chi connectivity index (χ1n) is 7.25. The van der Waals surface area contributed by atoms with E-state index in [0.717, 1.165) is 11.5 Å². The monoisotopic (exact) mass is 459 g/mol. The maximum Gasteiger partial charge on any atom is 0.211 e. The predicted octanol–water partition coefficient (Wildman–Crippen LogP) is 1.02. The number of nitrogens with zero attached hydrogens (tertiary/aromatic N) is 2. The van der Waals surface area contributed by atoms with E-state index in [1.807, 2.05) is 19.9 Å². The Kier molecular flexibility index (Phi) is 10.4. The molecule has 0 aliphatic heterocycles. The highest BCUT2D eigenvalue weighted by atomic mass is 127. The van der Waals surface area contributed by atoms with E-state index >= 15 is 0 Å². The van der Waals surface area contributed by atoms with Gasteiger partial charge in [0.2, 0.25) is 10.0 Å². The largest absolute Gasteiger partial charge is 0.359 e. The number of hydrogen-bond donors (Lipinski definition) is 3. The summed E-state index contributed by atoms with van der Waals surface area (Å²) in [5, 5.41) is 10.1. The Balaban J connectivity index is 0.00000484. The number of halogens is 1. The molecule has 23 heavy (non-hydrogen) atoms. The van der Waals surface area contributed by atoms with Crippen molar-refractivity contribution in [1.29, 1.82) is 0 Å². The van der Waals surface area contributed by atoms with Crippen molar-refractivity contribution in [3.8, 4) is 0 Å². The molecule has 0 atom stereocenters. The second kappa shape index (κ2) is 10.8. The van der Waals surface area contributed by atoms with Crippen LogP contribution in [0.4, 0.5) is 0 Å². The molecule has 0 unspecified atom stereocenters. The molecule has 1 rings (SSSR count). The normalized spacial score (nSPS) is 12.1. The topological polar surface area (TPSA) is 109 Å². The molecule has 0 aliphatic rings. The second-order valence-corrected chi connectivity index (χ2v) is 7.12. The number of guanidine groups is 1. The van der Waals surface area contributed by atoms with E-state index < -0.39 is 10.0 Å². The molecule has 0 saturated heterocycles. The summed E-state index contributed by atoms with van der Waals surface area (Å²) >= 11 is 0. The lowest BCUT2D eigenvalue weighted by Crippen LogP contribution is -2.41. The Hall–Kier alpha value is -0.880. The lowest BCUT2D eigenvalue weighted by Gasteiger charge is -2.11. The molecule has 0 radical (unpaired) electrons. The number of rotatable bonds is 8. The minimum atomic E-state index is -3.16. The van der Waals surface area contributed by atoms with Crippen molar-refractivity contribution in [2.75, 3.05) is 25.9 Å². The molecule has 0 aliphatic carbocycles. The summed E-state index contributed by atoms with van der Waals surface area (Å²) < 4.78 is 30.2. The second-order valence-electron chi connectivity index (χ2n) is 5.02. The molecule has 0 bridgehead atoms. The zero-order valence-corrected chi connectivity index (χ0v) is 17.1. The van der Waals surface area contributed by atoms with Gasteiger partial charge in [0.05, 0.1) is 18.0 Å². The molecule has 8 nitrogen and oxygen atoms in total. The minimum Gasteiger partial charge on any atom is -0.359 e. The van der Waals surface area contributed by atoms with Gasteiger partial charge in [-0.2, -0.15) is 0 Å². The summed E-state index contributed by atoms with van der Waals surface area (Å²) in [7, 11) is -1.51. The molecule has 0 aromatic carbocycles. The first-order valence-corrected chi connectivity index (χ1v) is 8.90. The lowest BCUT2D eigenvalue weighted by atomic mass is 10.1. The Morgan fingerprint density at radius 3 is 2.57 bits per heavy atom. The van der Waals surface area contributed by atoms with Crippen LogP contribution in [0.25, 0.3) is 0 Å². The molecule has 0 saturated carbocycles. The van der Waals surface area contributed by atoms with Gasteiger partial charge in [0, 0.05) is 26.2 Å². The van der Waals surface area contributed by atoms with Crippen molar-refractivity contribution >= 4 is 40.0 Å². The quantitative estimate of drug-likeness (QED) is 0.232. The first-order chi connectivity index (χ1) is 10.4. The van der Waals surface area contributed by atoms with Gasteiger partial charge in [-0.25, -0.2) is 13.1 Å². The summed E-state index contributed by atoms with van der Waals surface area (Å²) in [5.41, 5.74) is 0.911. The maximum atomic E-state index is 11.3. The van der Waals surface area contributed by atoms with Gasteiger partial charge < -0.3 is 15.2 Å². The molecule has 0 fully saturated rings. The van der Waals surface area contributed by atoms with Crippen LogP contribution in [0.1, 0.15) is 38.1 Å². The molecular weight excluding hydrogens is 433 g/mol. The van der Waals surface area contributed by atoms with Gasteiger partial charge in [0.15, 0.2) is 11.7 Å². The number of hydrogen-bond acceptors (Lipinski definition) is 5. The van der Waals surface area contributed by atoms with Crippen molar-refractivity contribution in [2.24, 2.45) is 4.99 Å². The van der Waals surface area contributed by atoms with Crippen molar-refractivity contribution in [1.82, 2.24) is 20.5 Å². The van der Waals surface area contributed by atoms with Crippen LogP contribution in [-0.2, 0) is 16.6 Å². The molecule has 3 N–H and O–H groups in total. The maximum absolute atomic E-state index is 11.3. The van der Waals surface area contributed by atoms with Crippen LogP contribution in [0.2, 0.25) is 0 Å². The smallest absolute Gasteiger partial charge is 0.211 e. The molecule has 0 spiro atoms. The standard InChI is InChI=1S/C13H25N5O3S.HI/c1-5-22(19,20)17-7-6-15-13(14-4)16-9-11-8-12(10(2)3)18-21-11;/h8,10,17H,5-7,9H2,1-4H3,(H2,14,15,16);1H. The summed E-state index contributed by atoms with van der Waals surface area (Å²) in [4.78, 5) is 4.05. The van der Waals surface area contributed by atoms with Crippen LogP contribution in [0, 0.1) is 0 Å². The number of nitrogens with one attached hydrogen (secondary N) is 3. The third-order valence-electron chi connectivity index (χ3n) is 2.94. The Labute approximate surface area is 154 Å². The summed E-state index contributed by atoms with van der Waals surface area (Å²) in [6.45, 7) is 6.89. The van der Waals surface area contributed by atoms with Crippen molar-refractivity contribution in [3.05, 3.63) is 17.5 Å². The van der Waals surface area contributed by atoms with Crippen molar-refractivity contribution in [3.63, 3.8) is 0 Å². The summed E-state index contributed by atoms with van der Waals surface area (Å²) in [6.07, 6.45) is 0. The highest BCUT2D eigenvalue weighted by molar-refractivity contribution is 14.0. The van der Waals surface area contributed by atoms with Crippen molar-refractivity contribution in [2.45, 2.75) is 33.2 Å². The lowest BCUT2D eigenvalue weighted by molar-refractivity contribution is 0.372. The van der Waals surface area contributed by atoms with Gasteiger partial charge in [-0.15, -0.1) is 24.0 Å². The summed E-state index contributed by atoms with van der Waals surface area (Å²) in [6, 6.07) is 1.90. The molecule has 10 heteroatoms. The average Bonchev–Trinajstić information content (AvgIpc) is 2.95. The van der Waals surface area contributed by atoms with Gasteiger partial charge in [-0.1, -0.05) is 19.0 Å². The van der Waals surface area contributed by atoms with Crippen LogP contribution >= 0.6 is 24.0 Å². The van der Waals surface area contributed by atoms with E-state index in [0.29, 0.717) is 31.5 Å². The number of aromatic nitrogens is 1. The summed E-state index contributed by atoms with van der Waals surface area (Å²) in [5.74, 6) is 1.68. The Morgan fingerprint density at radius 1 is 1.35 bits per heavy atom.